The Balaban J connectivity index is 1.77. The van der Waals surface area contributed by atoms with E-state index in [2.05, 4.69) is 41.3 Å². The molecule has 0 aliphatic heterocycles. The standard InChI is InChI=1S/C16H14BrN7/c1-10-5-12(7-19-14(10)17)22-15-16-20-8-13(24(16)4-3-18-15)11-6-21-23(2)9-11/h3-9H,1-2H3,(H,18,22). The Bertz CT molecular complexity index is 1030. The number of fused-ring (bicyclic) bond motifs is 1. The van der Waals surface area contributed by atoms with Crippen molar-refractivity contribution in [3.8, 4) is 11.3 Å². The van der Waals surface area contributed by atoms with E-state index in [1.807, 2.05) is 49.2 Å². The van der Waals surface area contributed by atoms with Crippen LogP contribution >= 0.6 is 15.9 Å². The lowest BCUT2D eigenvalue weighted by molar-refractivity contribution is 0.768. The molecule has 0 bridgehead atoms. The first-order valence-corrected chi connectivity index (χ1v) is 8.11. The minimum absolute atomic E-state index is 0.677. The number of aryl methyl sites for hydroxylation is 2. The maximum Gasteiger partial charge on any atom is 0.180 e. The molecule has 4 aromatic heterocycles. The van der Waals surface area contributed by atoms with E-state index in [0.717, 1.165) is 32.8 Å². The molecule has 0 aromatic carbocycles. The number of hydrogen-bond acceptors (Lipinski definition) is 5. The Kier molecular flexibility index (Phi) is 3.53. The van der Waals surface area contributed by atoms with Crippen molar-refractivity contribution in [2.45, 2.75) is 6.92 Å². The molecule has 0 unspecified atom stereocenters. The van der Waals surface area contributed by atoms with Gasteiger partial charge in [-0.1, -0.05) is 0 Å². The number of rotatable bonds is 3. The van der Waals surface area contributed by atoms with Gasteiger partial charge in [0.05, 0.1) is 30.0 Å². The van der Waals surface area contributed by atoms with Crippen molar-refractivity contribution in [2.24, 2.45) is 7.05 Å². The van der Waals surface area contributed by atoms with Gasteiger partial charge in [0.25, 0.3) is 0 Å². The highest BCUT2D eigenvalue weighted by atomic mass is 79.9. The number of nitrogens with zero attached hydrogens (tertiary/aromatic N) is 6. The second-order valence-corrected chi connectivity index (χ2v) is 6.22. The van der Waals surface area contributed by atoms with E-state index in [-0.39, 0.29) is 0 Å². The summed E-state index contributed by atoms with van der Waals surface area (Å²) in [6.07, 6.45) is 11.0. The summed E-state index contributed by atoms with van der Waals surface area (Å²) < 4.78 is 4.59. The largest absolute Gasteiger partial charge is 0.336 e. The average Bonchev–Trinajstić information content (AvgIpc) is 3.17. The van der Waals surface area contributed by atoms with E-state index in [1.165, 1.54) is 0 Å². The van der Waals surface area contributed by atoms with Crippen LogP contribution in [-0.4, -0.2) is 29.1 Å². The third kappa shape index (κ3) is 2.54. The third-order valence-corrected chi connectivity index (χ3v) is 4.54. The lowest BCUT2D eigenvalue weighted by atomic mass is 10.3. The fraction of sp³-hybridized carbons (Fsp3) is 0.125. The maximum absolute atomic E-state index is 4.51. The topological polar surface area (TPSA) is 72.9 Å². The average molecular weight is 384 g/mol. The molecule has 8 heteroatoms. The zero-order chi connectivity index (χ0) is 16.7. The zero-order valence-electron chi connectivity index (χ0n) is 13.1. The molecule has 7 nitrogen and oxygen atoms in total. The Morgan fingerprint density at radius 3 is 2.75 bits per heavy atom. The van der Waals surface area contributed by atoms with Crippen molar-refractivity contribution in [1.29, 1.82) is 0 Å². The summed E-state index contributed by atoms with van der Waals surface area (Å²) in [6, 6.07) is 2.01. The number of halogens is 1. The minimum Gasteiger partial charge on any atom is -0.336 e. The SMILES string of the molecule is Cc1cc(Nc2nccn3c(-c4cnn(C)c4)cnc23)cnc1Br. The van der Waals surface area contributed by atoms with Crippen LogP contribution in [0.1, 0.15) is 5.56 Å². The Hall–Kier alpha value is -2.74. The van der Waals surface area contributed by atoms with Gasteiger partial charge in [-0.25, -0.2) is 15.0 Å². The first kappa shape index (κ1) is 14.8. The van der Waals surface area contributed by atoms with Crippen LogP contribution in [0.3, 0.4) is 0 Å². The molecule has 4 aromatic rings. The van der Waals surface area contributed by atoms with Crippen LogP contribution in [0, 0.1) is 6.92 Å². The van der Waals surface area contributed by atoms with Crippen LogP contribution < -0.4 is 5.32 Å². The Morgan fingerprint density at radius 2 is 2.00 bits per heavy atom. The molecule has 0 saturated carbocycles. The molecule has 0 fully saturated rings. The summed E-state index contributed by atoms with van der Waals surface area (Å²) in [4.78, 5) is 13.2. The highest BCUT2D eigenvalue weighted by Crippen LogP contribution is 2.25. The van der Waals surface area contributed by atoms with Gasteiger partial charge in [-0.15, -0.1) is 0 Å². The van der Waals surface area contributed by atoms with Crippen molar-refractivity contribution < 1.29 is 0 Å². The second-order valence-electron chi connectivity index (χ2n) is 5.47. The van der Waals surface area contributed by atoms with Gasteiger partial charge in [-0.3, -0.25) is 9.08 Å². The molecule has 4 rings (SSSR count). The van der Waals surface area contributed by atoms with Gasteiger partial charge in [0.1, 0.15) is 4.60 Å². The van der Waals surface area contributed by atoms with Gasteiger partial charge < -0.3 is 5.32 Å². The summed E-state index contributed by atoms with van der Waals surface area (Å²) in [5.41, 5.74) is 4.63. The van der Waals surface area contributed by atoms with Crippen LogP contribution in [0.4, 0.5) is 11.5 Å². The van der Waals surface area contributed by atoms with Gasteiger partial charge in [0.15, 0.2) is 11.5 Å². The number of pyridine rings is 1. The van der Waals surface area contributed by atoms with E-state index >= 15 is 0 Å². The van der Waals surface area contributed by atoms with Crippen LogP contribution in [-0.2, 0) is 7.05 Å². The van der Waals surface area contributed by atoms with E-state index < -0.39 is 0 Å². The highest BCUT2D eigenvalue weighted by Gasteiger charge is 2.12. The summed E-state index contributed by atoms with van der Waals surface area (Å²) in [5.74, 6) is 0.677. The molecule has 0 amide bonds. The van der Waals surface area contributed by atoms with Gasteiger partial charge in [-0.2, -0.15) is 5.10 Å². The zero-order valence-corrected chi connectivity index (χ0v) is 14.7. The van der Waals surface area contributed by atoms with Crippen molar-refractivity contribution >= 4 is 33.1 Å². The third-order valence-electron chi connectivity index (χ3n) is 3.71. The van der Waals surface area contributed by atoms with Crippen molar-refractivity contribution in [2.75, 3.05) is 5.32 Å². The Morgan fingerprint density at radius 1 is 1.12 bits per heavy atom. The molecule has 0 saturated heterocycles. The summed E-state index contributed by atoms with van der Waals surface area (Å²) >= 11 is 3.41. The van der Waals surface area contributed by atoms with Gasteiger partial charge >= 0.3 is 0 Å². The molecular weight excluding hydrogens is 370 g/mol. The minimum atomic E-state index is 0.677. The van der Waals surface area contributed by atoms with Gasteiger partial charge in [0, 0.05) is 31.2 Å². The van der Waals surface area contributed by atoms with Crippen molar-refractivity contribution in [3.05, 3.63) is 53.4 Å². The van der Waals surface area contributed by atoms with E-state index in [4.69, 9.17) is 0 Å². The van der Waals surface area contributed by atoms with E-state index in [9.17, 15) is 0 Å². The molecule has 0 aliphatic carbocycles. The predicted octanol–water partition coefficient (Wildman–Crippen LogP) is 3.34. The van der Waals surface area contributed by atoms with Crippen LogP contribution in [0.25, 0.3) is 16.9 Å². The molecule has 0 spiro atoms. The van der Waals surface area contributed by atoms with Crippen molar-refractivity contribution in [3.63, 3.8) is 0 Å². The summed E-state index contributed by atoms with van der Waals surface area (Å²) in [7, 11) is 1.89. The highest BCUT2D eigenvalue weighted by molar-refractivity contribution is 9.10. The molecule has 0 radical (unpaired) electrons. The molecule has 120 valence electrons. The monoisotopic (exact) mass is 383 g/mol. The number of aromatic nitrogens is 6. The number of nitrogens with one attached hydrogen (secondary N) is 1. The molecule has 1 N–H and O–H groups in total. The lowest BCUT2D eigenvalue weighted by Gasteiger charge is -2.08. The smallest absolute Gasteiger partial charge is 0.180 e. The number of imidazole rings is 1. The molecular formula is C16H14BrN7. The molecule has 0 aliphatic rings. The fourth-order valence-electron chi connectivity index (χ4n) is 2.54. The van der Waals surface area contributed by atoms with Crippen molar-refractivity contribution in [1.82, 2.24) is 29.1 Å². The number of anilines is 2. The molecule has 4 heterocycles. The Labute approximate surface area is 146 Å². The van der Waals surface area contributed by atoms with Gasteiger partial charge in [0.2, 0.25) is 0 Å². The number of hydrogen-bond donors (Lipinski definition) is 1. The van der Waals surface area contributed by atoms with Crippen LogP contribution in [0.15, 0.2) is 47.9 Å². The fourth-order valence-corrected chi connectivity index (χ4v) is 2.75. The predicted molar refractivity (Wildman–Crippen MR) is 95.1 cm³/mol. The summed E-state index contributed by atoms with van der Waals surface area (Å²) in [5, 5.41) is 7.51. The first-order chi connectivity index (χ1) is 11.6. The van der Waals surface area contributed by atoms with Gasteiger partial charge in [-0.05, 0) is 34.5 Å². The van der Waals surface area contributed by atoms with Crippen LogP contribution in [0.5, 0.6) is 0 Å². The maximum atomic E-state index is 4.51. The lowest BCUT2D eigenvalue weighted by Crippen LogP contribution is -1.99. The quantitative estimate of drug-likeness (QED) is 0.549. The molecule has 0 atom stereocenters. The van der Waals surface area contributed by atoms with E-state index in [1.54, 1.807) is 17.1 Å². The molecule has 24 heavy (non-hydrogen) atoms. The van der Waals surface area contributed by atoms with Crippen LogP contribution in [0.2, 0.25) is 0 Å². The second kappa shape index (κ2) is 5.72. The summed E-state index contributed by atoms with van der Waals surface area (Å²) in [6.45, 7) is 1.99. The first-order valence-electron chi connectivity index (χ1n) is 7.32. The normalized spacial score (nSPS) is 11.1. The van der Waals surface area contributed by atoms with E-state index in [0.29, 0.717) is 5.82 Å².